The molecule has 2 aromatic rings. The van der Waals surface area contributed by atoms with Crippen molar-refractivity contribution >= 4 is 62.8 Å². The predicted octanol–water partition coefficient (Wildman–Crippen LogP) is 4.18. The Morgan fingerprint density at radius 3 is 2.65 bits per heavy atom. The van der Waals surface area contributed by atoms with E-state index in [9.17, 15) is 9.59 Å². The summed E-state index contributed by atoms with van der Waals surface area (Å²) in [7, 11) is 0. The molecule has 1 aromatic carbocycles. The van der Waals surface area contributed by atoms with Crippen LogP contribution in [0.4, 0.5) is 11.4 Å². The molecule has 0 spiro atoms. The van der Waals surface area contributed by atoms with Crippen LogP contribution < -0.4 is 10.2 Å². The van der Waals surface area contributed by atoms with Crippen LogP contribution in [0.5, 0.6) is 0 Å². The Hall–Kier alpha value is -2.47. The average Bonchev–Trinajstić information content (AvgIpc) is 3.55. The third-order valence-electron chi connectivity index (χ3n) is 6.97. The summed E-state index contributed by atoms with van der Waals surface area (Å²) >= 11 is 8.48. The number of carbonyl (C=O) groups excluding carboxylic acids is 2. The number of aromatic nitrogens is 1. The van der Waals surface area contributed by atoms with E-state index in [0.717, 1.165) is 58.1 Å². The van der Waals surface area contributed by atoms with Crippen LogP contribution in [0.1, 0.15) is 40.7 Å². The lowest BCUT2D eigenvalue weighted by molar-refractivity contribution is -0.132. The lowest BCUT2D eigenvalue weighted by atomic mass is 9.97. The number of thioether (sulfide) groups is 1. The van der Waals surface area contributed by atoms with Crippen molar-refractivity contribution in [2.24, 2.45) is 0 Å². The quantitative estimate of drug-likeness (QED) is 0.509. The molecule has 37 heavy (non-hydrogen) atoms. The standard InChI is InChI=1S/C26H31N5O3S3/c1-18-16-37-26(35)31(18)11-8-23(32)30-9-6-19(7-10-30)25-28-21(17-36-25)24(33)27-20-4-2-3-5-22(20)29-12-14-34-15-13-29/h2-5,17,19H,1,6-16H2,(H,27,33). The summed E-state index contributed by atoms with van der Waals surface area (Å²) in [5.74, 6) is 1.03. The van der Waals surface area contributed by atoms with Crippen molar-refractivity contribution < 1.29 is 14.3 Å². The second-order valence-electron chi connectivity index (χ2n) is 9.32. The Morgan fingerprint density at radius 1 is 1.16 bits per heavy atom. The molecule has 3 aliphatic rings. The Kier molecular flexibility index (Phi) is 8.43. The van der Waals surface area contributed by atoms with Crippen molar-refractivity contribution in [1.29, 1.82) is 0 Å². The zero-order chi connectivity index (χ0) is 25.8. The summed E-state index contributed by atoms with van der Waals surface area (Å²) in [5.41, 5.74) is 3.21. The summed E-state index contributed by atoms with van der Waals surface area (Å²) in [4.78, 5) is 36.6. The third kappa shape index (κ3) is 6.17. The molecule has 196 valence electrons. The molecule has 0 unspecified atom stereocenters. The number of rotatable bonds is 7. The molecule has 0 radical (unpaired) electrons. The van der Waals surface area contributed by atoms with Gasteiger partial charge in [0.2, 0.25) is 5.91 Å². The fourth-order valence-electron chi connectivity index (χ4n) is 4.85. The van der Waals surface area contributed by atoms with Crippen LogP contribution in [-0.2, 0) is 9.53 Å². The predicted molar refractivity (Wildman–Crippen MR) is 154 cm³/mol. The molecule has 1 aromatic heterocycles. The zero-order valence-electron chi connectivity index (χ0n) is 20.7. The number of para-hydroxylation sites is 2. The maximum atomic E-state index is 13.0. The highest BCUT2D eigenvalue weighted by atomic mass is 32.2. The summed E-state index contributed by atoms with van der Waals surface area (Å²) in [6.07, 6.45) is 2.15. The molecule has 5 rings (SSSR count). The molecular formula is C26H31N5O3S3. The van der Waals surface area contributed by atoms with E-state index in [4.69, 9.17) is 17.0 Å². The fourth-order valence-corrected chi connectivity index (χ4v) is 7.04. The maximum absolute atomic E-state index is 13.0. The maximum Gasteiger partial charge on any atom is 0.275 e. The summed E-state index contributed by atoms with van der Waals surface area (Å²) in [5, 5.41) is 5.86. The molecule has 3 fully saturated rings. The Morgan fingerprint density at radius 2 is 1.92 bits per heavy atom. The third-order valence-corrected chi connectivity index (χ3v) is 9.50. The van der Waals surface area contributed by atoms with Crippen molar-refractivity contribution in [2.75, 3.05) is 61.9 Å². The van der Waals surface area contributed by atoms with Gasteiger partial charge in [-0.1, -0.05) is 42.7 Å². The first kappa shape index (κ1) is 26.1. The number of carbonyl (C=O) groups is 2. The van der Waals surface area contributed by atoms with Crippen LogP contribution in [0, 0.1) is 0 Å². The number of thiocarbonyl (C=S) groups is 1. The number of likely N-dealkylation sites (tertiary alicyclic amines) is 1. The number of ether oxygens (including phenoxy) is 1. The molecule has 2 amide bonds. The molecule has 8 nitrogen and oxygen atoms in total. The van der Waals surface area contributed by atoms with Crippen molar-refractivity contribution in [2.45, 2.75) is 25.2 Å². The molecule has 0 atom stereocenters. The van der Waals surface area contributed by atoms with Gasteiger partial charge in [-0.2, -0.15) is 0 Å². The molecule has 0 bridgehead atoms. The minimum atomic E-state index is -0.199. The number of nitrogens with one attached hydrogen (secondary N) is 1. The van der Waals surface area contributed by atoms with Gasteiger partial charge in [0.25, 0.3) is 5.91 Å². The molecule has 3 saturated heterocycles. The van der Waals surface area contributed by atoms with Crippen LogP contribution >= 0.6 is 35.3 Å². The topological polar surface area (TPSA) is 78.0 Å². The van der Waals surface area contributed by atoms with E-state index in [0.29, 0.717) is 45.0 Å². The van der Waals surface area contributed by atoms with Gasteiger partial charge < -0.3 is 24.8 Å². The Bertz CT molecular complexity index is 1160. The zero-order valence-corrected chi connectivity index (χ0v) is 23.1. The van der Waals surface area contributed by atoms with Crippen LogP contribution in [0.3, 0.4) is 0 Å². The van der Waals surface area contributed by atoms with E-state index in [2.05, 4.69) is 21.8 Å². The lowest BCUT2D eigenvalue weighted by Gasteiger charge is -2.31. The monoisotopic (exact) mass is 557 g/mol. The summed E-state index contributed by atoms with van der Waals surface area (Å²) in [6, 6.07) is 7.86. The summed E-state index contributed by atoms with van der Waals surface area (Å²) < 4.78 is 6.27. The van der Waals surface area contributed by atoms with Crippen molar-refractivity contribution in [1.82, 2.24) is 14.8 Å². The van der Waals surface area contributed by atoms with Gasteiger partial charge in [0.1, 0.15) is 10.0 Å². The number of anilines is 2. The van der Waals surface area contributed by atoms with Crippen molar-refractivity contribution in [3.8, 4) is 0 Å². The highest BCUT2D eigenvalue weighted by Gasteiger charge is 2.28. The van der Waals surface area contributed by atoms with Crippen molar-refractivity contribution in [3.63, 3.8) is 0 Å². The second kappa shape index (κ2) is 11.9. The van der Waals surface area contributed by atoms with Crippen LogP contribution in [0.25, 0.3) is 0 Å². The van der Waals surface area contributed by atoms with Gasteiger partial charge in [-0.05, 0) is 25.0 Å². The van der Waals surface area contributed by atoms with Gasteiger partial charge >= 0.3 is 0 Å². The highest BCUT2D eigenvalue weighted by Crippen LogP contribution is 2.32. The number of nitrogens with zero attached hydrogens (tertiary/aromatic N) is 4. The Labute approximate surface area is 231 Å². The van der Waals surface area contributed by atoms with Gasteiger partial charge in [-0.15, -0.1) is 11.3 Å². The second-order valence-corrected chi connectivity index (χ2v) is 11.8. The van der Waals surface area contributed by atoms with E-state index in [-0.39, 0.29) is 17.7 Å². The van der Waals surface area contributed by atoms with Gasteiger partial charge in [0, 0.05) is 61.9 Å². The van der Waals surface area contributed by atoms with Crippen LogP contribution in [0.2, 0.25) is 0 Å². The smallest absolute Gasteiger partial charge is 0.275 e. The lowest BCUT2D eigenvalue weighted by Crippen LogP contribution is -2.39. The van der Waals surface area contributed by atoms with Gasteiger partial charge in [-0.3, -0.25) is 9.59 Å². The van der Waals surface area contributed by atoms with E-state index in [1.807, 2.05) is 39.4 Å². The minimum Gasteiger partial charge on any atom is -0.378 e. The van der Waals surface area contributed by atoms with Gasteiger partial charge in [0.15, 0.2) is 0 Å². The number of benzene rings is 1. The van der Waals surface area contributed by atoms with Crippen LogP contribution in [0.15, 0.2) is 41.9 Å². The number of piperidine rings is 1. The number of amides is 2. The van der Waals surface area contributed by atoms with E-state index in [1.165, 1.54) is 11.3 Å². The first-order chi connectivity index (χ1) is 18.0. The molecule has 0 aliphatic carbocycles. The van der Waals surface area contributed by atoms with Gasteiger partial charge in [-0.25, -0.2) is 4.98 Å². The normalized spacial score (nSPS) is 19.0. The molecule has 1 N–H and O–H groups in total. The first-order valence-electron chi connectivity index (χ1n) is 12.6. The number of hydrogen-bond donors (Lipinski definition) is 1. The van der Waals surface area contributed by atoms with Crippen molar-refractivity contribution in [3.05, 3.63) is 52.6 Å². The Balaban J connectivity index is 1.13. The van der Waals surface area contributed by atoms with Gasteiger partial charge in [0.05, 0.1) is 29.6 Å². The molecule has 3 aliphatic heterocycles. The summed E-state index contributed by atoms with van der Waals surface area (Å²) in [6.45, 7) is 9.02. The number of thiazole rings is 1. The molecule has 4 heterocycles. The minimum absolute atomic E-state index is 0.157. The molecular weight excluding hydrogens is 527 g/mol. The van der Waals surface area contributed by atoms with E-state index >= 15 is 0 Å². The molecule has 0 saturated carbocycles. The highest BCUT2D eigenvalue weighted by molar-refractivity contribution is 8.23. The average molecular weight is 558 g/mol. The van der Waals surface area contributed by atoms with E-state index in [1.54, 1.807) is 11.8 Å². The first-order valence-corrected chi connectivity index (χ1v) is 14.9. The fraction of sp³-hybridized carbons (Fsp3) is 0.462. The number of morpholine rings is 1. The number of hydrogen-bond acceptors (Lipinski definition) is 8. The molecule has 11 heteroatoms. The SMILES string of the molecule is C=C1CSC(=S)N1CCC(=O)N1CCC(c2nc(C(=O)Nc3ccccc3N3CCOCC3)cs2)CC1. The van der Waals surface area contributed by atoms with Crippen LogP contribution in [-0.4, -0.2) is 82.6 Å². The van der Waals surface area contributed by atoms with E-state index < -0.39 is 0 Å². The largest absolute Gasteiger partial charge is 0.378 e.